The lowest BCUT2D eigenvalue weighted by Crippen LogP contribution is -2.36. The van der Waals surface area contributed by atoms with E-state index in [0.717, 1.165) is 33.5 Å². The van der Waals surface area contributed by atoms with Crippen LogP contribution in [-0.2, 0) is 28.4 Å². The van der Waals surface area contributed by atoms with Crippen LogP contribution in [0.25, 0.3) is 22.1 Å². The van der Waals surface area contributed by atoms with E-state index in [1.165, 1.54) is 0 Å². The maximum atomic E-state index is 13.5. The first-order valence-electron chi connectivity index (χ1n) is 15.1. The van der Waals surface area contributed by atoms with Crippen molar-refractivity contribution in [2.24, 2.45) is 0 Å². The van der Waals surface area contributed by atoms with Crippen LogP contribution in [0.3, 0.4) is 0 Å². The maximum absolute atomic E-state index is 13.5. The summed E-state index contributed by atoms with van der Waals surface area (Å²) < 4.78 is 41.4. The van der Waals surface area contributed by atoms with Crippen molar-refractivity contribution in [3.63, 3.8) is 0 Å². The summed E-state index contributed by atoms with van der Waals surface area (Å²) in [5, 5.41) is 1.94. The average molecular weight is 605 g/mol. The fourth-order valence-corrected chi connectivity index (χ4v) is 7.60. The third-order valence-corrected chi connectivity index (χ3v) is 9.39. The zero-order valence-electron chi connectivity index (χ0n) is 25.5. The summed E-state index contributed by atoms with van der Waals surface area (Å²) in [6.07, 6.45) is 4.50. The number of carbonyl (C=O) groups is 1. The Labute approximate surface area is 253 Å². The predicted octanol–water partition coefficient (Wildman–Crippen LogP) is 4.31. The molecule has 8 rings (SSSR count). The van der Waals surface area contributed by atoms with Crippen LogP contribution < -0.4 is 0 Å². The molecule has 2 saturated carbocycles. The van der Waals surface area contributed by atoms with Crippen LogP contribution in [0.2, 0.25) is 0 Å². The molecule has 2 saturated heterocycles. The molecule has 4 aromatic heterocycles. The number of aryl methyl sites for hydroxylation is 2. The Morgan fingerprint density at radius 3 is 1.55 bits per heavy atom. The first-order valence-corrected chi connectivity index (χ1v) is 15.1. The first-order chi connectivity index (χ1) is 21.0. The number of aromatic nitrogens is 6. The van der Waals surface area contributed by atoms with Crippen molar-refractivity contribution in [3.8, 4) is 0 Å². The van der Waals surface area contributed by atoms with E-state index < -0.39 is 42.1 Å². The monoisotopic (exact) mass is 604 g/mol. The molecular weight excluding hydrogens is 568 g/mol. The minimum Gasteiger partial charge on any atom is -0.428 e. The second kappa shape index (κ2) is 9.67. The maximum Gasteiger partial charge on any atom is 0.509 e. The zero-order valence-corrected chi connectivity index (χ0v) is 25.5. The second-order valence-corrected chi connectivity index (χ2v) is 13.1. The summed E-state index contributed by atoms with van der Waals surface area (Å²) >= 11 is 0. The Bertz CT molecular complexity index is 1640. The molecule has 0 bridgehead atoms. The van der Waals surface area contributed by atoms with Gasteiger partial charge in [-0.3, -0.25) is 0 Å². The summed E-state index contributed by atoms with van der Waals surface area (Å²) in [5.74, 6) is -1.66. The number of nitrogens with zero attached hydrogens (tertiary/aromatic N) is 6. The van der Waals surface area contributed by atoms with Crippen LogP contribution in [0.5, 0.6) is 0 Å². The van der Waals surface area contributed by atoms with Gasteiger partial charge in [0.05, 0.1) is 23.5 Å². The molecule has 4 aromatic rings. The molecular formula is C31H36N6O7. The van der Waals surface area contributed by atoms with E-state index in [1.807, 2.05) is 66.1 Å². The Balaban J connectivity index is 1.03. The predicted molar refractivity (Wildman–Crippen MR) is 155 cm³/mol. The van der Waals surface area contributed by atoms with Gasteiger partial charge in [0.1, 0.15) is 60.6 Å². The normalized spacial score (nSPS) is 33.6. The van der Waals surface area contributed by atoms with E-state index in [1.54, 1.807) is 12.7 Å². The summed E-state index contributed by atoms with van der Waals surface area (Å²) in [6, 6.07) is 3.68. The van der Waals surface area contributed by atoms with Gasteiger partial charge in [-0.1, -0.05) is 0 Å². The lowest BCUT2D eigenvalue weighted by Gasteiger charge is -2.26. The van der Waals surface area contributed by atoms with Crippen LogP contribution in [0.1, 0.15) is 64.0 Å². The Hall–Kier alpha value is -3.65. The van der Waals surface area contributed by atoms with Gasteiger partial charge >= 0.3 is 6.16 Å². The lowest BCUT2D eigenvalue weighted by atomic mass is 10.2. The van der Waals surface area contributed by atoms with Gasteiger partial charge in [0.2, 0.25) is 0 Å². The third-order valence-electron chi connectivity index (χ3n) is 9.39. The smallest absolute Gasteiger partial charge is 0.428 e. The third kappa shape index (κ3) is 4.39. The summed E-state index contributed by atoms with van der Waals surface area (Å²) in [7, 11) is 0. The van der Waals surface area contributed by atoms with Crippen molar-refractivity contribution < 1.29 is 33.2 Å². The van der Waals surface area contributed by atoms with Gasteiger partial charge in [-0.05, 0) is 53.7 Å². The van der Waals surface area contributed by atoms with Crippen LogP contribution in [0.4, 0.5) is 4.79 Å². The van der Waals surface area contributed by atoms with Gasteiger partial charge in [0.25, 0.3) is 0 Å². The Morgan fingerprint density at radius 1 is 0.705 bits per heavy atom. The molecule has 0 aromatic carbocycles. The van der Waals surface area contributed by atoms with E-state index in [0.29, 0.717) is 12.8 Å². The van der Waals surface area contributed by atoms with Gasteiger partial charge in [-0.25, -0.2) is 24.7 Å². The zero-order chi connectivity index (χ0) is 30.5. The molecule has 0 N–H and O–H groups in total. The molecule has 6 heterocycles. The van der Waals surface area contributed by atoms with Crippen molar-refractivity contribution in [2.75, 3.05) is 0 Å². The molecule has 8 atom stereocenters. The van der Waals surface area contributed by atoms with Crippen LogP contribution in [-0.4, -0.2) is 83.4 Å². The van der Waals surface area contributed by atoms with Crippen molar-refractivity contribution in [3.05, 3.63) is 48.6 Å². The highest BCUT2D eigenvalue weighted by molar-refractivity contribution is 5.79. The summed E-state index contributed by atoms with van der Waals surface area (Å²) in [4.78, 5) is 31.2. The number of rotatable bonds is 4. The molecule has 4 fully saturated rings. The SMILES string of the molecule is Cc1ncnc2c1ccn2[C@@H]1C[C@H](OC(=O)O[C@H]2C[C@@H](n3ccc4c(C)ncnc43)[C@@H]3OC(C)(C)O[C@@H]32)[C@H]2OC(C)(C)O[C@H]21. The number of hydrogen-bond donors (Lipinski definition) is 0. The molecule has 44 heavy (non-hydrogen) atoms. The average Bonchev–Trinajstić information content (AvgIpc) is 3.78. The van der Waals surface area contributed by atoms with E-state index in [4.69, 9.17) is 28.4 Å². The van der Waals surface area contributed by atoms with E-state index in [9.17, 15) is 4.79 Å². The highest BCUT2D eigenvalue weighted by atomic mass is 16.8. The molecule has 2 aliphatic heterocycles. The van der Waals surface area contributed by atoms with Crippen molar-refractivity contribution in [1.29, 1.82) is 0 Å². The molecule has 2 aliphatic carbocycles. The molecule has 0 spiro atoms. The van der Waals surface area contributed by atoms with Gasteiger partial charge in [0.15, 0.2) is 11.6 Å². The van der Waals surface area contributed by atoms with Crippen LogP contribution in [0, 0.1) is 13.8 Å². The number of carbonyl (C=O) groups excluding carboxylic acids is 1. The van der Waals surface area contributed by atoms with Gasteiger partial charge < -0.3 is 37.6 Å². The topological polar surface area (TPSA) is 134 Å². The van der Waals surface area contributed by atoms with E-state index >= 15 is 0 Å². The lowest BCUT2D eigenvalue weighted by molar-refractivity contribution is -0.173. The van der Waals surface area contributed by atoms with Crippen LogP contribution in [0.15, 0.2) is 37.2 Å². The van der Waals surface area contributed by atoms with Crippen LogP contribution >= 0.6 is 0 Å². The number of hydrogen-bond acceptors (Lipinski definition) is 11. The molecule has 4 aliphatic rings. The fraction of sp³-hybridized carbons (Fsp3) is 0.581. The summed E-state index contributed by atoms with van der Waals surface area (Å²) in [6.45, 7) is 11.4. The Kier molecular flexibility index (Phi) is 6.13. The van der Waals surface area contributed by atoms with Gasteiger partial charge in [-0.2, -0.15) is 0 Å². The molecule has 0 radical (unpaired) electrons. The minimum absolute atomic E-state index is 0.161. The highest BCUT2D eigenvalue weighted by Crippen LogP contribution is 2.48. The number of ether oxygens (including phenoxy) is 6. The highest BCUT2D eigenvalue weighted by Gasteiger charge is 2.58. The number of fused-ring (bicyclic) bond motifs is 4. The van der Waals surface area contributed by atoms with E-state index in [-0.39, 0.29) is 24.3 Å². The largest absolute Gasteiger partial charge is 0.509 e. The Morgan fingerprint density at radius 2 is 1.11 bits per heavy atom. The van der Waals surface area contributed by atoms with Crippen molar-refractivity contribution in [2.45, 2.75) is 115 Å². The molecule has 13 heteroatoms. The summed E-state index contributed by atoms with van der Waals surface area (Å²) in [5.41, 5.74) is 3.40. The van der Waals surface area contributed by atoms with Crippen molar-refractivity contribution in [1.82, 2.24) is 29.1 Å². The van der Waals surface area contributed by atoms with Crippen molar-refractivity contribution >= 4 is 28.2 Å². The van der Waals surface area contributed by atoms with Gasteiger partial charge in [0, 0.05) is 36.0 Å². The fourth-order valence-electron chi connectivity index (χ4n) is 7.60. The quantitative estimate of drug-likeness (QED) is 0.309. The minimum atomic E-state index is -0.832. The standard InChI is InChI=1S/C31H36N6O7/c1-15-17-7-9-36(27(17)34-13-32-15)19-11-21(25-23(19)41-30(3,4)43-25)39-29(38)40-22-12-20(24-26(22)44-31(5,6)42-24)37-10-8-18-16(2)33-14-35-28(18)37/h7-10,13-14,19-26H,11-12H2,1-6H3/t19-,20-,21+,22+,23+,24+,25-,26-/m1/s1. The molecule has 0 unspecified atom stereocenters. The molecule has 0 amide bonds. The second-order valence-electron chi connectivity index (χ2n) is 13.1. The van der Waals surface area contributed by atoms with E-state index in [2.05, 4.69) is 29.1 Å². The first kappa shape index (κ1) is 27.9. The molecule has 232 valence electrons. The van der Waals surface area contributed by atoms with Gasteiger partial charge in [-0.15, -0.1) is 0 Å². The molecule has 13 nitrogen and oxygen atoms in total.